The first-order chi connectivity index (χ1) is 10.7. The zero-order valence-corrected chi connectivity index (χ0v) is 13.7. The van der Waals surface area contributed by atoms with Crippen molar-refractivity contribution in [2.24, 2.45) is 0 Å². The lowest BCUT2D eigenvalue weighted by atomic mass is 9.95. The van der Waals surface area contributed by atoms with Crippen molar-refractivity contribution in [1.82, 2.24) is 20.0 Å². The molecule has 1 aliphatic heterocycles. The van der Waals surface area contributed by atoms with Crippen LogP contribution >= 0.6 is 0 Å². The number of carbonyl (C=O) groups excluding carboxylic acids is 1. The van der Waals surface area contributed by atoms with Gasteiger partial charge in [0, 0.05) is 38.3 Å². The Balaban J connectivity index is 1.86. The van der Waals surface area contributed by atoms with Crippen LogP contribution in [0.4, 0.5) is 13.2 Å². The fraction of sp³-hybridized carbons (Fsp3) is 0.733. The molecule has 0 bridgehead atoms. The highest BCUT2D eigenvalue weighted by atomic mass is 19.4. The van der Waals surface area contributed by atoms with E-state index in [4.69, 9.17) is 0 Å². The summed E-state index contributed by atoms with van der Waals surface area (Å²) < 4.78 is 37.1. The first-order valence-electron chi connectivity index (χ1n) is 7.75. The minimum absolute atomic E-state index is 0.0100. The highest BCUT2D eigenvalue weighted by Gasteiger charge is 2.33. The Morgan fingerprint density at radius 2 is 1.87 bits per heavy atom. The van der Waals surface area contributed by atoms with Crippen LogP contribution in [0.25, 0.3) is 0 Å². The van der Waals surface area contributed by atoms with Crippen molar-refractivity contribution in [3.8, 4) is 0 Å². The van der Waals surface area contributed by atoms with Crippen LogP contribution in [0.2, 0.25) is 0 Å². The van der Waals surface area contributed by atoms with Crippen molar-refractivity contribution in [2.75, 3.05) is 32.7 Å². The second-order valence-electron chi connectivity index (χ2n) is 6.22. The molecule has 5 nitrogen and oxygen atoms in total. The maximum Gasteiger partial charge on any atom is 0.401 e. The number of piperazine rings is 1. The average molecular weight is 332 g/mol. The van der Waals surface area contributed by atoms with Crippen LogP contribution in [0.3, 0.4) is 0 Å². The molecule has 0 spiro atoms. The Hall–Kier alpha value is -1.57. The minimum atomic E-state index is -4.18. The third kappa shape index (κ3) is 4.70. The van der Waals surface area contributed by atoms with Gasteiger partial charge < -0.3 is 4.90 Å². The van der Waals surface area contributed by atoms with E-state index in [9.17, 15) is 18.0 Å². The van der Waals surface area contributed by atoms with Crippen LogP contribution in [-0.2, 0) is 4.79 Å². The molecule has 23 heavy (non-hydrogen) atoms. The molecule has 0 saturated carbocycles. The first-order valence-corrected chi connectivity index (χ1v) is 7.75. The maximum absolute atomic E-state index is 12.4. The quantitative estimate of drug-likeness (QED) is 0.920. The molecule has 0 aromatic carbocycles. The third-order valence-electron chi connectivity index (χ3n) is 4.29. The fourth-order valence-electron chi connectivity index (χ4n) is 3.19. The van der Waals surface area contributed by atoms with Gasteiger partial charge in [0.2, 0.25) is 5.91 Å². The van der Waals surface area contributed by atoms with Crippen LogP contribution in [0.5, 0.6) is 0 Å². The number of rotatable bonds is 4. The van der Waals surface area contributed by atoms with E-state index in [2.05, 4.69) is 10.2 Å². The zero-order valence-electron chi connectivity index (χ0n) is 13.7. The Labute approximate surface area is 133 Å². The Morgan fingerprint density at radius 1 is 1.26 bits per heavy atom. The van der Waals surface area contributed by atoms with Gasteiger partial charge in [-0.05, 0) is 25.3 Å². The molecule has 0 aliphatic carbocycles. The summed E-state index contributed by atoms with van der Waals surface area (Å²) in [7, 11) is 0. The van der Waals surface area contributed by atoms with Gasteiger partial charge in [0.25, 0.3) is 0 Å². The number of amides is 1. The monoisotopic (exact) mass is 332 g/mol. The van der Waals surface area contributed by atoms with E-state index in [0.29, 0.717) is 19.5 Å². The summed E-state index contributed by atoms with van der Waals surface area (Å²) in [6.07, 6.45) is -3.84. The van der Waals surface area contributed by atoms with Crippen LogP contribution in [0, 0.1) is 13.8 Å². The Bertz CT molecular complexity index is 528. The summed E-state index contributed by atoms with van der Waals surface area (Å²) in [4.78, 5) is 15.4. The van der Waals surface area contributed by atoms with Crippen molar-refractivity contribution >= 4 is 5.91 Å². The summed E-state index contributed by atoms with van der Waals surface area (Å²) in [6.45, 7) is 6.13. The van der Waals surface area contributed by atoms with Crippen molar-refractivity contribution in [2.45, 2.75) is 39.3 Å². The van der Waals surface area contributed by atoms with E-state index in [0.717, 1.165) is 17.0 Å². The molecular weight excluding hydrogens is 309 g/mol. The van der Waals surface area contributed by atoms with Gasteiger partial charge in [0.15, 0.2) is 0 Å². The largest absolute Gasteiger partial charge is 0.401 e. The number of halogens is 3. The molecule has 0 unspecified atom stereocenters. The number of hydrogen-bond donors (Lipinski definition) is 1. The number of aromatic nitrogens is 2. The van der Waals surface area contributed by atoms with Crippen LogP contribution in [0.1, 0.15) is 36.2 Å². The molecule has 2 heterocycles. The summed E-state index contributed by atoms with van der Waals surface area (Å²) >= 11 is 0. The van der Waals surface area contributed by atoms with Crippen LogP contribution < -0.4 is 0 Å². The normalized spacial score (nSPS) is 18.3. The molecule has 2 rings (SSSR count). The molecule has 1 aliphatic rings. The minimum Gasteiger partial charge on any atom is -0.340 e. The molecule has 1 aromatic rings. The van der Waals surface area contributed by atoms with E-state index >= 15 is 0 Å². The molecule has 130 valence electrons. The number of aromatic amines is 1. The highest BCUT2D eigenvalue weighted by Crippen LogP contribution is 2.25. The predicted molar refractivity (Wildman–Crippen MR) is 80.2 cm³/mol. The predicted octanol–water partition coefficient (Wildman–Crippen LogP) is 2.23. The molecular formula is C15H23F3N4O. The fourth-order valence-corrected chi connectivity index (χ4v) is 3.19. The number of nitrogens with zero attached hydrogens (tertiary/aromatic N) is 3. The van der Waals surface area contributed by atoms with Gasteiger partial charge in [-0.2, -0.15) is 18.3 Å². The number of alkyl halides is 3. The van der Waals surface area contributed by atoms with Gasteiger partial charge in [-0.25, -0.2) is 0 Å². The summed E-state index contributed by atoms with van der Waals surface area (Å²) in [5, 5.41) is 7.05. The van der Waals surface area contributed by atoms with Gasteiger partial charge >= 0.3 is 6.18 Å². The van der Waals surface area contributed by atoms with Gasteiger partial charge in [-0.15, -0.1) is 0 Å². The van der Waals surface area contributed by atoms with Crippen LogP contribution in [0.15, 0.2) is 0 Å². The van der Waals surface area contributed by atoms with Crippen molar-refractivity contribution in [1.29, 1.82) is 0 Å². The van der Waals surface area contributed by atoms with E-state index in [1.54, 1.807) is 4.90 Å². The van der Waals surface area contributed by atoms with Crippen molar-refractivity contribution in [3.63, 3.8) is 0 Å². The smallest absolute Gasteiger partial charge is 0.340 e. The molecule has 1 amide bonds. The molecule has 1 saturated heterocycles. The second kappa shape index (κ2) is 6.90. The standard InChI is InChI=1S/C15H23F3N4O/c1-10(14-11(2)19-20-12(14)3)8-13(23)22-6-4-21(5-7-22)9-15(16,17)18/h10H,4-9H2,1-3H3,(H,19,20)/t10-/m0/s1. The summed E-state index contributed by atoms with van der Waals surface area (Å²) in [5.74, 6) is 0.0265. The van der Waals surface area contributed by atoms with E-state index in [1.165, 1.54) is 4.90 Å². The Morgan fingerprint density at radius 3 is 2.35 bits per heavy atom. The van der Waals surface area contributed by atoms with Crippen molar-refractivity contribution < 1.29 is 18.0 Å². The van der Waals surface area contributed by atoms with E-state index in [1.807, 2.05) is 20.8 Å². The lowest BCUT2D eigenvalue weighted by molar-refractivity contribution is -0.151. The molecule has 1 atom stereocenters. The molecule has 1 N–H and O–H groups in total. The zero-order chi connectivity index (χ0) is 17.2. The lowest BCUT2D eigenvalue weighted by Gasteiger charge is -2.35. The maximum atomic E-state index is 12.4. The van der Waals surface area contributed by atoms with Gasteiger partial charge in [0.05, 0.1) is 12.2 Å². The number of nitrogens with one attached hydrogen (secondary N) is 1. The molecule has 1 aromatic heterocycles. The summed E-state index contributed by atoms with van der Waals surface area (Å²) in [5.41, 5.74) is 2.89. The molecule has 0 radical (unpaired) electrons. The van der Waals surface area contributed by atoms with Gasteiger partial charge in [-0.1, -0.05) is 6.92 Å². The molecule has 1 fully saturated rings. The van der Waals surface area contributed by atoms with Gasteiger partial charge in [-0.3, -0.25) is 14.8 Å². The number of aryl methyl sites for hydroxylation is 2. The Kier molecular flexibility index (Phi) is 5.33. The number of hydrogen-bond acceptors (Lipinski definition) is 3. The van der Waals surface area contributed by atoms with Crippen molar-refractivity contribution in [3.05, 3.63) is 17.0 Å². The average Bonchev–Trinajstić information content (AvgIpc) is 2.77. The van der Waals surface area contributed by atoms with E-state index < -0.39 is 12.7 Å². The SMILES string of the molecule is Cc1n[nH]c(C)c1[C@@H](C)CC(=O)N1CCN(CC(F)(F)F)CC1. The number of carbonyl (C=O) groups is 1. The topological polar surface area (TPSA) is 52.2 Å². The lowest BCUT2D eigenvalue weighted by Crippen LogP contribution is -2.51. The summed E-state index contributed by atoms with van der Waals surface area (Å²) in [6, 6.07) is 0. The highest BCUT2D eigenvalue weighted by molar-refractivity contribution is 5.77. The first kappa shape index (κ1) is 17.8. The van der Waals surface area contributed by atoms with Crippen LogP contribution in [-0.4, -0.2) is 64.8 Å². The van der Waals surface area contributed by atoms with E-state index in [-0.39, 0.29) is 24.9 Å². The van der Waals surface area contributed by atoms with Gasteiger partial charge in [0.1, 0.15) is 0 Å². The third-order valence-corrected chi connectivity index (χ3v) is 4.29. The second-order valence-corrected chi connectivity index (χ2v) is 6.22. The molecule has 8 heteroatoms. The number of H-pyrrole nitrogens is 1.